The highest BCUT2D eigenvalue weighted by Crippen LogP contribution is 2.14. The average Bonchev–Trinajstić information content (AvgIpc) is 2.77. The van der Waals surface area contributed by atoms with E-state index in [0.29, 0.717) is 19.0 Å². The molecule has 0 aliphatic rings. The summed E-state index contributed by atoms with van der Waals surface area (Å²) in [6.07, 6.45) is 1.81. The average molecular weight is 530 g/mol. The van der Waals surface area contributed by atoms with E-state index < -0.39 is 0 Å². The lowest BCUT2D eigenvalue weighted by molar-refractivity contribution is 0.698. The fourth-order valence-electron chi connectivity index (χ4n) is 3.22. The Morgan fingerprint density at radius 2 is 1.65 bits per heavy atom. The zero-order valence-corrected chi connectivity index (χ0v) is 20.7. The number of aromatic nitrogens is 1. The number of nitrogens with one attached hydrogen (secondary N) is 2. The minimum atomic E-state index is 0. The molecule has 0 radical (unpaired) electrons. The van der Waals surface area contributed by atoms with E-state index in [1.54, 1.807) is 23.7 Å². The molecule has 3 aromatic rings. The van der Waals surface area contributed by atoms with Crippen molar-refractivity contribution in [2.45, 2.75) is 32.9 Å². The van der Waals surface area contributed by atoms with Crippen molar-refractivity contribution in [3.63, 3.8) is 0 Å². The van der Waals surface area contributed by atoms with Gasteiger partial charge in [0.25, 0.3) is 5.56 Å². The minimum absolute atomic E-state index is 0. The minimum Gasteiger partial charge on any atom is -0.356 e. The van der Waals surface area contributed by atoms with Gasteiger partial charge in [-0.1, -0.05) is 67.1 Å². The zero-order valence-electron chi connectivity index (χ0n) is 18.3. The zero-order chi connectivity index (χ0) is 21.3. The number of aliphatic imine (C=N–C) groups is 1. The van der Waals surface area contributed by atoms with Crippen molar-refractivity contribution in [3.05, 3.63) is 106 Å². The Morgan fingerprint density at radius 1 is 0.968 bits per heavy atom. The van der Waals surface area contributed by atoms with E-state index in [1.807, 2.05) is 12.3 Å². The van der Waals surface area contributed by atoms with Gasteiger partial charge in [-0.15, -0.1) is 24.0 Å². The molecule has 5 nitrogen and oxygen atoms in total. The van der Waals surface area contributed by atoms with Gasteiger partial charge in [0.15, 0.2) is 5.96 Å². The summed E-state index contributed by atoms with van der Waals surface area (Å²) in [6.45, 7) is 6.39. The molecule has 3 rings (SSSR count). The smallest absolute Gasteiger partial charge is 0.250 e. The molecule has 164 valence electrons. The first kappa shape index (κ1) is 24.7. The van der Waals surface area contributed by atoms with E-state index in [1.165, 1.54) is 11.1 Å². The molecule has 0 spiro atoms. The Morgan fingerprint density at radius 3 is 2.29 bits per heavy atom. The third-order valence-corrected chi connectivity index (χ3v) is 5.18. The summed E-state index contributed by atoms with van der Waals surface area (Å²) >= 11 is 0. The molecule has 0 amide bonds. The third kappa shape index (κ3) is 7.54. The second kappa shape index (κ2) is 12.3. The van der Waals surface area contributed by atoms with Crippen LogP contribution in [-0.2, 0) is 13.1 Å². The highest BCUT2D eigenvalue weighted by Gasteiger charge is 2.07. The van der Waals surface area contributed by atoms with Crippen LogP contribution in [0.25, 0.3) is 0 Å². The van der Waals surface area contributed by atoms with Crippen LogP contribution in [0, 0.1) is 6.92 Å². The van der Waals surface area contributed by atoms with E-state index >= 15 is 0 Å². The summed E-state index contributed by atoms with van der Waals surface area (Å²) in [4.78, 5) is 16.2. The summed E-state index contributed by atoms with van der Waals surface area (Å²) in [5, 5.41) is 6.77. The van der Waals surface area contributed by atoms with Gasteiger partial charge in [-0.05, 0) is 35.6 Å². The first-order chi connectivity index (χ1) is 14.5. The van der Waals surface area contributed by atoms with E-state index in [-0.39, 0.29) is 29.5 Å². The SMILES string of the molecule is CN=C(NCc1ccc(Cn2ccccc2=O)cc1)NCC(C)c1ccc(C)cc1.I. The fraction of sp³-hybridized carbons (Fsp3) is 0.280. The highest BCUT2D eigenvalue weighted by atomic mass is 127. The number of benzene rings is 2. The summed E-state index contributed by atoms with van der Waals surface area (Å²) in [5.74, 6) is 1.18. The molecular formula is C25H31IN4O. The summed E-state index contributed by atoms with van der Waals surface area (Å²) in [7, 11) is 1.78. The van der Waals surface area contributed by atoms with Crippen molar-refractivity contribution >= 4 is 29.9 Å². The van der Waals surface area contributed by atoms with Crippen LogP contribution in [0.4, 0.5) is 0 Å². The summed E-state index contributed by atoms with van der Waals surface area (Å²) in [6, 6.07) is 22.2. The lowest BCUT2D eigenvalue weighted by atomic mass is 10.0. The number of hydrogen-bond acceptors (Lipinski definition) is 2. The van der Waals surface area contributed by atoms with Crippen LogP contribution in [-0.4, -0.2) is 24.1 Å². The first-order valence-electron chi connectivity index (χ1n) is 10.3. The Kier molecular flexibility index (Phi) is 9.78. The molecule has 0 saturated heterocycles. The number of aryl methyl sites for hydroxylation is 1. The predicted molar refractivity (Wildman–Crippen MR) is 139 cm³/mol. The fourth-order valence-corrected chi connectivity index (χ4v) is 3.22. The molecule has 0 aliphatic heterocycles. The van der Waals surface area contributed by atoms with Gasteiger partial charge in [-0.3, -0.25) is 9.79 Å². The second-order valence-electron chi connectivity index (χ2n) is 7.60. The van der Waals surface area contributed by atoms with Gasteiger partial charge in [0.05, 0.1) is 6.54 Å². The molecule has 6 heteroatoms. The molecule has 31 heavy (non-hydrogen) atoms. The molecule has 1 unspecified atom stereocenters. The Bertz CT molecular complexity index is 1030. The van der Waals surface area contributed by atoms with Gasteiger partial charge in [-0.2, -0.15) is 0 Å². The van der Waals surface area contributed by atoms with Gasteiger partial charge in [-0.25, -0.2) is 0 Å². The molecular weight excluding hydrogens is 499 g/mol. The number of pyridine rings is 1. The molecule has 1 heterocycles. The van der Waals surface area contributed by atoms with Crippen LogP contribution in [0.5, 0.6) is 0 Å². The van der Waals surface area contributed by atoms with E-state index in [4.69, 9.17) is 0 Å². The van der Waals surface area contributed by atoms with Crippen LogP contribution in [0.3, 0.4) is 0 Å². The normalized spacial score (nSPS) is 12.0. The molecule has 2 aromatic carbocycles. The van der Waals surface area contributed by atoms with Crippen LogP contribution < -0.4 is 16.2 Å². The van der Waals surface area contributed by atoms with Gasteiger partial charge >= 0.3 is 0 Å². The van der Waals surface area contributed by atoms with Crippen molar-refractivity contribution in [2.75, 3.05) is 13.6 Å². The monoisotopic (exact) mass is 530 g/mol. The summed E-state index contributed by atoms with van der Waals surface area (Å²) in [5.41, 5.74) is 4.86. The van der Waals surface area contributed by atoms with Crippen LogP contribution in [0.1, 0.15) is 35.1 Å². The van der Waals surface area contributed by atoms with Gasteiger partial charge in [0, 0.05) is 32.4 Å². The van der Waals surface area contributed by atoms with Crippen molar-refractivity contribution < 1.29 is 0 Å². The maximum absolute atomic E-state index is 11.8. The predicted octanol–water partition coefficient (Wildman–Crippen LogP) is 4.29. The first-order valence-corrected chi connectivity index (χ1v) is 10.3. The van der Waals surface area contributed by atoms with Crippen molar-refractivity contribution in [3.8, 4) is 0 Å². The lowest BCUT2D eigenvalue weighted by Gasteiger charge is -2.17. The van der Waals surface area contributed by atoms with E-state index in [0.717, 1.165) is 23.6 Å². The molecule has 1 atom stereocenters. The molecule has 2 N–H and O–H groups in total. The highest BCUT2D eigenvalue weighted by molar-refractivity contribution is 14.0. The van der Waals surface area contributed by atoms with Crippen LogP contribution in [0.2, 0.25) is 0 Å². The molecule has 0 fully saturated rings. The van der Waals surface area contributed by atoms with Crippen LogP contribution in [0.15, 0.2) is 82.7 Å². The Hall–Kier alpha value is -2.61. The number of nitrogens with zero attached hydrogens (tertiary/aromatic N) is 2. The quantitative estimate of drug-likeness (QED) is 0.272. The topological polar surface area (TPSA) is 58.4 Å². The Balaban J connectivity index is 0.00000341. The number of halogens is 1. The van der Waals surface area contributed by atoms with Gasteiger partial charge in [0.1, 0.15) is 0 Å². The maximum atomic E-state index is 11.8. The van der Waals surface area contributed by atoms with Crippen molar-refractivity contribution in [1.29, 1.82) is 0 Å². The van der Waals surface area contributed by atoms with Crippen LogP contribution >= 0.6 is 24.0 Å². The lowest BCUT2D eigenvalue weighted by Crippen LogP contribution is -2.38. The number of rotatable bonds is 7. The molecule has 0 bridgehead atoms. The maximum Gasteiger partial charge on any atom is 0.250 e. The molecule has 0 aliphatic carbocycles. The second-order valence-corrected chi connectivity index (χ2v) is 7.60. The molecule has 0 saturated carbocycles. The van der Waals surface area contributed by atoms with E-state index in [2.05, 4.69) is 78.0 Å². The van der Waals surface area contributed by atoms with Crippen molar-refractivity contribution in [2.24, 2.45) is 4.99 Å². The van der Waals surface area contributed by atoms with Crippen molar-refractivity contribution in [1.82, 2.24) is 15.2 Å². The number of hydrogen-bond donors (Lipinski definition) is 2. The number of guanidine groups is 1. The van der Waals surface area contributed by atoms with Gasteiger partial charge < -0.3 is 15.2 Å². The molecule has 1 aromatic heterocycles. The van der Waals surface area contributed by atoms with E-state index in [9.17, 15) is 4.79 Å². The van der Waals surface area contributed by atoms with Gasteiger partial charge in [0.2, 0.25) is 0 Å². The standard InChI is InChI=1S/C25H30N4O.HI/c1-19-7-13-23(14-8-19)20(2)16-27-25(26-3)28-17-21-9-11-22(12-10-21)18-29-15-5-4-6-24(29)30;/h4-15,20H,16-18H2,1-3H3,(H2,26,27,28);1H. The Labute approximate surface area is 201 Å². The third-order valence-electron chi connectivity index (χ3n) is 5.18. The summed E-state index contributed by atoms with van der Waals surface area (Å²) < 4.78 is 1.70. The largest absolute Gasteiger partial charge is 0.356 e.